The van der Waals surface area contributed by atoms with Gasteiger partial charge in [-0.25, -0.2) is 4.79 Å². The number of benzene rings is 1. The van der Waals surface area contributed by atoms with Crippen molar-refractivity contribution in [2.45, 2.75) is 50.6 Å². The minimum absolute atomic E-state index is 0.0941. The summed E-state index contributed by atoms with van der Waals surface area (Å²) in [6, 6.07) is 4.94. The van der Waals surface area contributed by atoms with Crippen molar-refractivity contribution in [1.82, 2.24) is 20.0 Å². The molecule has 0 atom stereocenters. The molecular formula is C22H30Cl2N4O3. The number of urea groups is 1. The molecule has 1 aromatic carbocycles. The maximum absolute atomic E-state index is 13.0. The van der Waals surface area contributed by atoms with Crippen LogP contribution >= 0.6 is 23.2 Å². The summed E-state index contributed by atoms with van der Waals surface area (Å²) in [6.45, 7) is 1.91. The van der Waals surface area contributed by atoms with Crippen LogP contribution in [-0.4, -0.2) is 71.8 Å². The molecule has 1 saturated carbocycles. The smallest absolute Gasteiger partial charge is 0.325 e. The van der Waals surface area contributed by atoms with Gasteiger partial charge in [-0.15, -0.1) is 0 Å². The molecule has 0 bridgehead atoms. The van der Waals surface area contributed by atoms with E-state index in [9.17, 15) is 14.4 Å². The fraction of sp³-hybridized carbons (Fsp3) is 0.591. The van der Waals surface area contributed by atoms with E-state index in [1.165, 1.54) is 4.90 Å². The van der Waals surface area contributed by atoms with E-state index in [-0.39, 0.29) is 30.8 Å². The third kappa shape index (κ3) is 5.70. The zero-order valence-electron chi connectivity index (χ0n) is 18.1. The van der Waals surface area contributed by atoms with Crippen molar-refractivity contribution in [3.63, 3.8) is 0 Å². The third-order valence-electron chi connectivity index (χ3n) is 6.00. The average molecular weight is 469 g/mol. The number of nitrogens with one attached hydrogen (secondary N) is 1. The van der Waals surface area contributed by atoms with Crippen molar-refractivity contribution in [3.05, 3.63) is 33.8 Å². The lowest BCUT2D eigenvalue weighted by molar-refractivity contribution is -0.134. The normalized spacial score (nSPS) is 17.6. The standard InChI is InChI=1S/C22H30Cl2N4O3/c1-26(2)11-5-12-27(15-16-6-7-17(23)18(24)14-16)19(29)8-13-28-20(30)22(25-21(28)31)9-3-4-10-22/h6-7,14H,3-5,8-13,15H2,1-2H3,(H,25,31). The summed E-state index contributed by atoms with van der Waals surface area (Å²) in [7, 11) is 3.98. The molecule has 7 nitrogen and oxygen atoms in total. The van der Waals surface area contributed by atoms with Gasteiger partial charge in [0, 0.05) is 26.1 Å². The van der Waals surface area contributed by atoms with Gasteiger partial charge >= 0.3 is 6.03 Å². The highest BCUT2D eigenvalue weighted by Gasteiger charge is 2.52. The Morgan fingerprint density at radius 3 is 2.48 bits per heavy atom. The topological polar surface area (TPSA) is 73.0 Å². The molecule has 31 heavy (non-hydrogen) atoms. The van der Waals surface area contributed by atoms with Gasteiger partial charge in [-0.05, 0) is 57.6 Å². The van der Waals surface area contributed by atoms with Crippen LogP contribution in [0.4, 0.5) is 4.79 Å². The van der Waals surface area contributed by atoms with Gasteiger partial charge in [-0.1, -0.05) is 42.1 Å². The van der Waals surface area contributed by atoms with Gasteiger partial charge < -0.3 is 15.1 Å². The van der Waals surface area contributed by atoms with E-state index < -0.39 is 5.54 Å². The molecule has 1 aromatic rings. The molecule has 0 radical (unpaired) electrons. The molecule has 9 heteroatoms. The molecule has 1 aliphatic carbocycles. The van der Waals surface area contributed by atoms with E-state index in [0.29, 0.717) is 36.0 Å². The maximum Gasteiger partial charge on any atom is 0.325 e. The predicted molar refractivity (Wildman–Crippen MR) is 121 cm³/mol. The van der Waals surface area contributed by atoms with Crippen LogP contribution < -0.4 is 5.32 Å². The van der Waals surface area contributed by atoms with Crippen molar-refractivity contribution < 1.29 is 14.4 Å². The van der Waals surface area contributed by atoms with E-state index in [4.69, 9.17) is 23.2 Å². The minimum Gasteiger partial charge on any atom is -0.338 e. The van der Waals surface area contributed by atoms with E-state index in [0.717, 1.165) is 31.4 Å². The molecule has 2 aliphatic rings. The molecule has 4 amide bonds. The molecule has 2 fully saturated rings. The van der Waals surface area contributed by atoms with Crippen LogP contribution in [0.25, 0.3) is 0 Å². The molecule has 170 valence electrons. The highest BCUT2D eigenvalue weighted by atomic mass is 35.5. The van der Waals surface area contributed by atoms with Crippen molar-refractivity contribution in [3.8, 4) is 0 Å². The molecule has 1 N–H and O–H groups in total. The largest absolute Gasteiger partial charge is 0.338 e. The number of imide groups is 1. The summed E-state index contributed by atoms with van der Waals surface area (Å²) in [4.78, 5) is 43.3. The second-order valence-corrected chi connectivity index (χ2v) is 9.46. The summed E-state index contributed by atoms with van der Waals surface area (Å²) in [6.07, 6.45) is 4.13. The van der Waals surface area contributed by atoms with Gasteiger partial charge in [0.25, 0.3) is 5.91 Å². The van der Waals surface area contributed by atoms with E-state index in [1.54, 1.807) is 17.0 Å². The van der Waals surface area contributed by atoms with Gasteiger partial charge in [-0.2, -0.15) is 0 Å². The van der Waals surface area contributed by atoms with Crippen molar-refractivity contribution in [2.24, 2.45) is 0 Å². The minimum atomic E-state index is -0.744. The number of nitrogens with zero attached hydrogens (tertiary/aromatic N) is 3. The van der Waals surface area contributed by atoms with Crippen LogP contribution in [0.5, 0.6) is 0 Å². The summed E-state index contributed by atoms with van der Waals surface area (Å²) in [5, 5.41) is 3.77. The number of amides is 4. The van der Waals surface area contributed by atoms with E-state index in [1.807, 2.05) is 20.2 Å². The number of hydrogen-bond donors (Lipinski definition) is 1. The molecule has 0 unspecified atom stereocenters. The first kappa shape index (κ1) is 23.8. The first-order valence-corrected chi connectivity index (χ1v) is 11.5. The fourth-order valence-electron chi connectivity index (χ4n) is 4.29. The summed E-state index contributed by atoms with van der Waals surface area (Å²) in [5.74, 6) is -0.288. The number of carbonyl (C=O) groups excluding carboxylic acids is 3. The van der Waals surface area contributed by atoms with Crippen LogP contribution in [0.2, 0.25) is 10.0 Å². The van der Waals surface area contributed by atoms with E-state index in [2.05, 4.69) is 10.2 Å². The third-order valence-corrected chi connectivity index (χ3v) is 6.73. The van der Waals surface area contributed by atoms with E-state index >= 15 is 0 Å². The Balaban J connectivity index is 1.63. The molecule has 1 saturated heterocycles. The van der Waals surface area contributed by atoms with Crippen molar-refractivity contribution in [1.29, 1.82) is 0 Å². The average Bonchev–Trinajstić information content (AvgIpc) is 3.27. The monoisotopic (exact) mass is 468 g/mol. The SMILES string of the molecule is CN(C)CCCN(Cc1ccc(Cl)c(Cl)c1)C(=O)CCN1C(=O)NC2(CCCC2)C1=O. The molecule has 1 spiro atoms. The maximum atomic E-state index is 13.0. The lowest BCUT2D eigenvalue weighted by Crippen LogP contribution is -2.44. The van der Waals surface area contributed by atoms with Gasteiger partial charge in [0.15, 0.2) is 0 Å². The Bertz CT molecular complexity index is 840. The Labute approximate surface area is 193 Å². The zero-order chi connectivity index (χ0) is 22.6. The molecular weight excluding hydrogens is 439 g/mol. The molecule has 1 heterocycles. The van der Waals surface area contributed by atoms with Crippen LogP contribution in [0, 0.1) is 0 Å². The second kappa shape index (κ2) is 10.2. The molecule has 3 rings (SSSR count). The number of carbonyl (C=O) groups is 3. The van der Waals surface area contributed by atoms with Gasteiger partial charge in [0.05, 0.1) is 10.0 Å². The molecule has 1 aliphatic heterocycles. The van der Waals surface area contributed by atoms with Crippen LogP contribution in [0.3, 0.4) is 0 Å². The summed E-state index contributed by atoms with van der Waals surface area (Å²) in [5.41, 5.74) is 0.137. The first-order chi connectivity index (χ1) is 14.7. The number of halogens is 2. The highest BCUT2D eigenvalue weighted by molar-refractivity contribution is 6.42. The van der Waals surface area contributed by atoms with Crippen molar-refractivity contribution >= 4 is 41.0 Å². The zero-order valence-corrected chi connectivity index (χ0v) is 19.6. The van der Waals surface area contributed by atoms with Gasteiger partial charge in [-0.3, -0.25) is 14.5 Å². The Morgan fingerprint density at radius 2 is 1.84 bits per heavy atom. The van der Waals surface area contributed by atoms with Crippen LogP contribution in [-0.2, 0) is 16.1 Å². The predicted octanol–water partition coefficient (Wildman–Crippen LogP) is 3.53. The number of rotatable bonds is 9. The second-order valence-electron chi connectivity index (χ2n) is 8.65. The summed E-state index contributed by atoms with van der Waals surface area (Å²) < 4.78 is 0. The lowest BCUT2D eigenvalue weighted by atomic mass is 9.98. The Hall–Kier alpha value is -1.83. The lowest BCUT2D eigenvalue weighted by Gasteiger charge is -2.25. The summed E-state index contributed by atoms with van der Waals surface area (Å²) >= 11 is 12.1. The Morgan fingerprint density at radius 1 is 1.13 bits per heavy atom. The highest BCUT2D eigenvalue weighted by Crippen LogP contribution is 2.35. The van der Waals surface area contributed by atoms with Gasteiger partial charge in [0.2, 0.25) is 5.91 Å². The fourth-order valence-corrected chi connectivity index (χ4v) is 4.61. The Kier molecular flexibility index (Phi) is 7.83. The first-order valence-electron chi connectivity index (χ1n) is 10.7. The van der Waals surface area contributed by atoms with Crippen LogP contribution in [0.1, 0.15) is 44.1 Å². The molecule has 0 aromatic heterocycles. The number of hydrogen-bond acceptors (Lipinski definition) is 4. The van der Waals surface area contributed by atoms with Gasteiger partial charge in [0.1, 0.15) is 5.54 Å². The quantitative estimate of drug-likeness (QED) is 0.562. The van der Waals surface area contributed by atoms with Crippen molar-refractivity contribution in [2.75, 3.05) is 33.7 Å². The van der Waals surface area contributed by atoms with Crippen LogP contribution in [0.15, 0.2) is 18.2 Å².